The van der Waals surface area contributed by atoms with Gasteiger partial charge < -0.3 is 14.2 Å². The first-order valence-electron chi connectivity index (χ1n) is 4.33. The maximum Gasteiger partial charge on any atom is 0.154 e. The summed E-state index contributed by atoms with van der Waals surface area (Å²) >= 11 is 0. The second kappa shape index (κ2) is 13.8. The van der Waals surface area contributed by atoms with Crippen LogP contribution in [0.5, 0.6) is 0 Å². The van der Waals surface area contributed by atoms with E-state index in [9.17, 15) is 0 Å². The maximum atomic E-state index is 5.06. The summed E-state index contributed by atoms with van der Waals surface area (Å²) in [4.78, 5) is 0. The first-order chi connectivity index (χ1) is 6.22. The Bertz CT molecular complexity index is 101. The highest BCUT2D eigenvalue weighted by Crippen LogP contribution is 1.90. The van der Waals surface area contributed by atoms with Crippen molar-refractivity contribution in [1.82, 2.24) is 0 Å². The van der Waals surface area contributed by atoms with Gasteiger partial charge in [-0.2, -0.15) is 0 Å². The van der Waals surface area contributed by atoms with E-state index < -0.39 is 0 Å². The molecule has 3 heteroatoms. The molecule has 0 spiro atoms. The summed E-state index contributed by atoms with van der Waals surface area (Å²) in [7, 11) is 0. The predicted octanol–water partition coefficient (Wildman–Crippen LogP) is 2.70. The predicted molar refractivity (Wildman–Crippen MR) is 54.2 cm³/mol. The van der Waals surface area contributed by atoms with Crippen molar-refractivity contribution in [1.29, 1.82) is 0 Å². The van der Waals surface area contributed by atoms with Crippen LogP contribution < -0.4 is 0 Å². The Kier molecular flexibility index (Phi) is 15.6. The third kappa shape index (κ3) is 18.3. The molecule has 0 amide bonds. The van der Waals surface area contributed by atoms with Crippen LogP contribution in [0.4, 0.5) is 0 Å². The average molecular weight is 188 g/mol. The van der Waals surface area contributed by atoms with Gasteiger partial charge in [0.05, 0.1) is 12.5 Å². The molecule has 0 unspecified atom stereocenters. The minimum absolute atomic E-state index is 0.0370. The van der Waals surface area contributed by atoms with Gasteiger partial charge in [-0.1, -0.05) is 13.2 Å². The van der Waals surface area contributed by atoms with Crippen LogP contribution in [-0.4, -0.2) is 19.5 Å². The third-order valence-electron chi connectivity index (χ3n) is 0.995. The smallest absolute Gasteiger partial charge is 0.154 e. The van der Waals surface area contributed by atoms with Crippen LogP contribution in [0.2, 0.25) is 0 Å². The van der Waals surface area contributed by atoms with Gasteiger partial charge in [0.25, 0.3) is 0 Å². The van der Waals surface area contributed by atoms with E-state index in [-0.39, 0.29) is 6.29 Å². The highest BCUT2D eigenvalue weighted by molar-refractivity contribution is 4.57. The van der Waals surface area contributed by atoms with Crippen LogP contribution >= 0.6 is 0 Å². The van der Waals surface area contributed by atoms with Gasteiger partial charge in [0.2, 0.25) is 0 Å². The molecule has 13 heavy (non-hydrogen) atoms. The lowest BCUT2D eigenvalue weighted by Gasteiger charge is -2.09. The molecular weight excluding hydrogens is 168 g/mol. The van der Waals surface area contributed by atoms with E-state index in [0.29, 0.717) is 0 Å². The van der Waals surface area contributed by atoms with Crippen molar-refractivity contribution >= 4 is 0 Å². The fraction of sp³-hybridized carbons (Fsp3) is 0.600. The second-order valence-corrected chi connectivity index (χ2v) is 1.95. The summed E-state index contributed by atoms with van der Waals surface area (Å²) in [5.74, 6) is 0. The summed E-state index contributed by atoms with van der Waals surface area (Å²) in [6.07, 6.45) is 2.59. The minimum atomic E-state index is -0.0370. The van der Waals surface area contributed by atoms with Crippen molar-refractivity contribution < 1.29 is 14.2 Å². The van der Waals surface area contributed by atoms with Crippen molar-refractivity contribution in [2.75, 3.05) is 13.2 Å². The first-order valence-corrected chi connectivity index (χ1v) is 4.33. The minimum Gasteiger partial charge on any atom is -0.474 e. The molecule has 0 aromatic rings. The molecule has 0 saturated heterocycles. The van der Waals surface area contributed by atoms with Crippen LogP contribution in [0.3, 0.4) is 0 Å². The third-order valence-corrected chi connectivity index (χ3v) is 0.995. The fourth-order valence-corrected chi connectivity index (χ4v) is 0.586. The molecule has 0 radical (unpaired) electrons. The lowest BCUT2D eigenvalue weighted by atomic mass is 10.7. The normalized spacial score (nSPS) is 8.62. The van der Waals surface area contributed by atoms with Gasteiger partial charge in [-0.25, -0.2) is 0 Å². The zero-order valence-corrected chi connectivity index (χ0v) is 8.79. The van der Waals surface area contributed by atoms with E-state index in [1.807, 2.05) is 20.8 Å². The van der Waals surface area contributed by atoms with Gasteiger partial charge in [0, 0.05) is 13.2 Å². The standard InChI is InChI=1S/C6H14O2.C4H6O/c1-4-7-6(3)8-5-2;1-3-5-4-2/h6H,4-5H2,1-3H3;3-4H,1-2H2. The second-order valence-electron chi connectivity index (χ2n) is 1.95. The topological polar surface area (TPSA) is 27.7 Å². The zero-order valence-electron chi connectivity index (χ0n) is 8.79. The summed E-state index contributed by atoms with van der Waals surface area (Å²) in [6, 6.07) is 0. The molecule has 0 bridgehead atoms. The lowest BCUT2D eigenvalue weighted by molar-refractivity contribution is -0.123. The van der Waals surface area contributed by atoms with Gasteiger partial charge in [-0.15, -0.1) is 0 Å². The quantitative estimate of drug-likeness (QED) is 0.474. The van der Waals surface area contributed by atoms with Crippen LogP contribution in [0.25, 0.3) is 0 Å². The van der Waals surface area contributed by atoms with E-state index in [0.717, 1.165) is 13.2 Å². The Hall–Kier alpha value is -0.800. The Morgan fingerprint density at radius 2 is 1.46 bits per heavy atom. The van der Waals surface area contributed by atoms with E-state index in [4.69, 9.17) is 9.47 Å². The fourth-order valence-electron chi connectivity index (χ4n) is 0.586. The molecule has 0 atom stereocenters. The van der Waals surface area contributed by atoms with Crippen molar-refractivity contribution in [2.45, 2.75) is 27.1 Å². The molecule has 3 nitrogen and oxygen atoms in total. The SMILES string of the molecule is C=COC=C.CCOC(C)OCC. The lowest BCUT2D eigenvalue weighted by Crippen LogP contribution is -2.11. The molecule has 0 rings (SSSR count). The van der Waals surface area contributed by atoms with Crippen LogP contribution in [0.1, 0.15) is 20.8 Å². The molecule has 0 aromatic carbocycles. The highest BCUT2D eigenvalue weighted by atomic mass is 16.7. The van der Waals surface area contributed by atoms with Gasteiger partial charge in [0.15, 0.2) is 6.29 Å². The number of hydrogen-bond acceptors (Lipinski definition) is 3. The van der Waals surface area contributed by atoms with Crippen LogP contribution in [-0.2, 0) is 14.2 Å². The van der Waals surface area contributed by atoms with Gasteiger partial charge in [0.1, 0.15) is 0 Å². The Labute approximate surface area is 81.0 Å². The monoisotopic (exact) mass is 188 g/mol. The molecule has 0 heterocycles. The first kappa shape index (κ1) is 14.7. The van der Waals surface area contributed by atoms with Crippen molar-refractivity contribution in [2.24, 2.45) is 0 Å². The van der Waals surface area contributed by atoms with Crippen molar-refractivity contribution in [3.05, 3.63) is 25.7 Å². The van der Waals surface area contributed by atoms with Crippen LogP contribution in [0.15, 0.2) is 25.7 Å². The van der Waals surface area contributed by atoms with Gasteiger partial charge in [-0.3, -0.25) is 0 Å². The Morgan fingerprint density at radius 1 is 1.08 bits per heavy atom. The van der Waals surface area contributed by atoms with E-state index in [1.165, 1.54) is 12.5 Å². The largest absolute Gasteiger partial charge is 0.474 e. The van der Waals surface area contributed by atoms with Gasteiger partial charge in [-0.05, 0) is 20.8 Å². The molecular formula is C10H20O3. The van der Waals surface area contributed by atoms with E-state index >= 15 is 0 Å². The summed E-state index contributed by atoms with van der Waals surface area (Å²) in [6.45, 7) is 13.8. The molecule has 78 valence electrons. The molecule has 0 fully saturated rings. The zero-order chi connectivity index (χ0) is 10.5. The molecule has 0 saturated carbocycles. The van der Waals surface area contributed by atoms with Crippen molar-refractivity contribution in [3.8, 4) is 0 Å². The highest BCUT2D eigenvalue weighted by Gasteiger charge is 1.94. The van der Waals surface area contributed by atoms with E-state index in [1.54, 1.807) is 0 Å². The maximum absolute atomic E-state index is 5.06. The molecule has 0 aromatic heterocycles. The van der Waals surface area contributed by atoms with Crippen LogP contribution in [0, 0.1) is 0 Å². The van der Waals surface area contributed by atoms with E-state index in [2.05, 4.69) is 17.9 Å². The number of hydrogen-bond donors (Lipinski definition) is 0. The number of rotatable bonds is 6. The molecule has 0 aliphatic carbocycles. The number of ether oxygens (including phenoxy) is 3. The molecule has 0 N–H and O–H groups in total. The Balaban J connectivity index is 0. The summed E-state index contributed by atoms with van der Waals surface area (Å²) in [5, 5.41) is 0. The van der Waals surface area contributed by atoms with Crippen molar-refractivity contribution in [3.63, 3.8) is 0 Å². The van der Waals surface area contributed by atoms with Gasteiger partial charge >= 0.3 is 0 Å². The molecule has 0 aliphatic rings. The average Bonchev–Trinajstić information content (AvgIpc) is 2.08. The molecule has 0 aliphatic heterocycles. The summed E-state index contributed by atoms with van der Waals surface area (Å²) < 4.78 is 14.5. The summed E-state index contributed by atoms with van der Waals surface area (Å²) in [5.41, 5.74) is 0. The Morgan fingerprint density at radius 3 is 1.62 bits per heavy atom.